The summed E-state index contributed by atoms with van der Waals surface area (Å²) in [6, 6.07) is 8.17. The van der Waals surface area contributed by atoms with Crippen molar-refractivity contribution < 1.29 is 8.76 Å². The lowest BCUT2D eigenvalue weighted by molar-refractivity contribution is 0.388. The smallest absolute Gasteiger partial charge is 0.121 e. The van der Waals surface area contributed by atoms with Gasteiger partial charge in [0.1, 0.15) is 5.03 Å². The van der Waals surface area contributed by atoms with Crippen molar-refractivity contribution in [3.8, 4) is 0 Å². The van der Waals surface area contributed by atoms with Crippen LogP contribution in [0.3, 0.4) is 0 Å². The van der Waals surface area contributed by atoms with E-state index in [1.807, 2.05) is 18.2 Å². The summed E-state index contributed by atoms with van der Waals surface area (Å²) in [6.07, 6.45) is 2.71. The zero-order valence-electron chi connectivity index (χ0n) is 13.5. The van der Waals surface area contributed by atoms with Crippen molar-refractivity contribution >= 4 is 27.5 Å². The largest absolute Gasteiger partial charge is 0.767 e. The molecule has 2 unspecified atom stereocenters. The standard InChI is InChI=1S/C17H23N3O2S/c1-12(2)10-13-11-20(9-8-18-13)16-5-3-4-15-14(16)6-7-19-17(15)23(21)22/h3-7,12-13,18H,8-11H2,1-2H3,(H,21,22)/p-1. The molecular weight excluding hydrogens is 310 g/mol. The Bertz CT molecular complexity index is 720. The first-order chi connectivity index (χ1) is 11.1. The summed E-state index contributed by atoms with van der Waals surface area (Å²) in [5.41, 5.74) is 1.09. The first-order valence-corrected chi connectivity index (χ1v) is 9.09. The van der Waals surface area contributed by atoms with Gasteiger partial charge in [-0.15, -0.1) is 0 Å². The molecular formula is C17H22N3O2S-. The van der Waals surface area contributed by atoms with E-state index in [9.17, 15) is 8.76 Å². The minimum Gasteiger partial charge on any atom is -0.767 e. The van der Waals surface area contributed by atoms with Gasteiger partial charge in [-0.25, -0.2) is 4.98 Å². The van der Waals surface area contributed by atoms with Crippen LogP contribution >= 0.6 is 0 Å². The van der Waals surface area contributed by atoms with E-state index in [2.05, 4.69) is 35.1 Å². The molecule has 23 heavy (non-hydrogen) atoms. The van der Waals surface area contributed by atoms with Crippen LogP contribution in [0.5, 0.6) is 0 Å². The quantitative estimate of drug-likeness (QED) is 0.870. The normalized spacial score (nSPS) is 20.2. The van der Waals surface area contributed by atoms with Crippen molar-refractivity contribution in [3.63, 3.8) is 0 Å². The molecule has 6 heteroatoms. The van der Waals surface area contributed by atoms with Gasteiger partial charge < -0.3 is 14.8 Å². The second-order valence-corrected chi connectivity index (χ2v) is 7.31. The van der Waals surface area contributed by atoms with Crippen molar-refractivity contribution in [2.45, 2.75) is 31.3 Å². The summed E-state index contributed by atoms with van der Waals surface area (Å²) >= 11 is -2.32. The molecule has 0 aliphatic carbocycles. The lowest BCUT2D eigenvalue weighted by atomic mass is 10.0. The van der Waals surface area contributed by atoms with Gasteiger partial charge in [-0.2, -0.15) is 0 Å². The number of nitrogens with zero attached hydrogens (tertiary/aromatic N) is 2. The van der Waals surface area contributed by atoms with Gasteiger partial charge in [0, 0.05) is 48.3 Å². The number of fused-ring (bicyclic) bond motifs is 1. The number of aromatic nitrogens is 1. The molecule has 0 saturated carbocycles. The molecule has 1 aliphatic rings. The highest BCUT2D eigenvalue weighted by Crippen LogP contribution is 2.30. The fourth-order valence-electron chi connectivity index (χ4n) is 3.34. The van der Waals surface area contributed by atoms with Crippen molar-refractivity contribution in [2.75, 3.05) is 24.5 Å². The number of rotatable bonds is 4. The Hall–Kier alpha value is -1.50. The summed E-state index contributed by atoms with van der Waals surface area (Å²) in [5.74, 6) is 0.652. The number of pyridine rings is 1. The molecule has 5 nitrogen and oxygen atoms in total. The fraction of sp³-hybridized carbons (Fsp3) is 0.471. The molecule has 0 amide bonds. The van der Waals surface area contributed by atoms with Gasteiger partial charge in [0.15, 0.2) is 0 Å². The second kappa shape index (κ2) is 6.95. The van der Waals surface area contributed by atoms with Crippen LogP contribution in [0.1, 0.15) is 20.3 Å². The summed E-state index contributed by atoms with van der Waals surface area (Å²) in [7, 11) is 0. The van der Waals surface area contributed by atoms with Gasteiger partial charge in [-0.3, -0.25) is 4.21 Å². The van der Waals surface area contributed by atoms with E-state index >= 15 is 0 Å². The SMILES string of the molecule is CC(C)CC1CN(c2cccc3c(S(=O)[O-])nccc23)CCN1. The monoisotopic (exact) mass is 332 g/mol. The van der Waals surface area contributed by atoms with E-state index in [-0.39, 0.29) is 5.03 Å². The third-order valence-electron chi connectivity index (χ3n) is 4.26. The summed E-state index contributed by atoms with van der Waals surface area (Å²) < 4.78 is 22.8. The first kappa shape index (κ1) is 16.4. The Kier molecular flexibility index (Phi) is 4.94. The topological polar surface area (TPSA) is 68.3 Å². The van der Waals surface area contributed by atoms with E-state index < -0.39 is 11.1 Å². The second-order valence-electron chi connectivity index (χ2n) is 6.45. The predicted molar refractivity (Wildman–Crippen MR) is 92.4 cm³/mol. The Morgan fingerprint density at radius 2 is 2.22 bits per heavy atom. The van der Waals surface area contributed by atoms with E-state index in [1.165, 1.54) is 0 Å². The Morgan fingerprint density at radius 1 is 1.39 bits per heavy atom. The van der Waals surface area contributed by atoms with Crippen LogP contribution in [0.2, 0.25) is 0 Å². The van der Waals surface area contributed by atoms with E-state index in [1.54, 1.807) is 6.20 Å². The van der Waals surface area contributed by atoms with E-state index in [4.69, 9.17) is 0 Å². The van der Waals surface area contributed by atoms with Crippen LogP contribution in [-0.4, -0.2) is 39.4 Å². The number of benzene rings is 1. The van der Waals surface area contributed by atoms with Crippen molar-refractivity contribution in [1.29, 1.82) is 0 Å². The highest BCUT2D eigenvalue weighted by atomic mass is 32.2. The predicted octanol–water partition coefficient (Wildman–Crippen LogP) is 2.30. The highest BCUT2D eigenvalue weighted by Gasteiger charge is 2.21. The molecule has 124 valence electrons. The third-order valence-corrected chi connectivity index (χ3v) is 4.90. The van der Waals surface area contributed by atoms with Gasteiger partial charge in [-0.1, -0.05) is 26.0 Å². The summed E-state index contributed by atoms with van der Waals surface area (Å²) in [5, 5.41) is 5.34. The minimum atomic E-state index is -2.32. The summed E-state index contributed by atoms with van der Waals surface area (Å²) in [4.78, 5) is 6.35. The number of piperazine rings is 1. The molecule has 1 fully saturated rings. The molecule has 2 aromatic rings. The summed E-state index contributed by atoms with van der Waals surface area (Å²) in [6.45, 7) is 7.28. The maximum absolute atomic E-state index is 11.4. The molecule has 0 radical (unpaired) electrons. The van der Waals surface area contributed by atoms with Crippen LogP contribution < -0.4 is 10.2 Å². The fourth-order valence-corrected chi connectivity index (χ4v) is 3.85. The molecule has 1 aliphatic heterocycles. The Balaban J connectivity index is 1.96. The van der Waals surface area contributed by atoms with Crippen molar-refractivity contribution in [1.82, 2.24) is 10.3 Å². The molecule has 1 aromatic carbocycles. The van der Waals surface area contributed by atoms with Crippen LogP contribution in [-0.2, 0) is 11.1 Å². The van der Waals surface area contributed by atoms with Gasteiger partial charge in [-0.05, 0) is 35.6 Å². The van der Waals surface area contributed by atoms with E-state index in [0.29, 0.717) is 17.3 Å². The maximum atomic E-state index is 11.4. The lowest BCUT2D eigenvalue weighted by Crippen LogP contribution is -2.51. The zero-order chi connectivity index (χ0) is 16.4. The minimum absolute atomic E-state index is 0.123. The average Bonchev–Trinajstić information content (AvgIpc) is 2.53. The lowest BCUT2D eigenvalue weighted by Gasteiger charge is -2.36. The molecule has 2 atom stereocenters. The van der Waals surface area contributed by atoms with Gasteiger partial charge >= 0.3 is 0 Å². The van der Waals surface area contributed by atoms with E-state index in [0.717, 1.165) is 37.1 Å². The Morgan fingerprint density at radius 3 is 2.96 bits per heavy atom. The number of hydrogen-bond acceptors (Lipinski definition) is 5. The molecule has 3 rings (SSSR count). The number of hydrogen-bond donors (Lipinski definition) is 1. The van der Waals surface area contributed by atoms with Crippen LogP contribution in [0, 0.1) is 5.92 Å². The van der Waals surface area contributed by atoms with Gasteiger partial charge in [0.2, 0.25) is 0 Å². The number of nitrogens with one attached hydrogen (secondary N) is 1. The molecule has 0 bridgehead atoms. The first-order valence-electron chi connectivity index (χ1n) is 8.01. The molecule has 1 N–H and O–H groups in total. The molecule has 1 saturated heterocycles. The molecule has 0 spiro atoms. The van der Waals surface area contributed by atoms with Crippen LogP contribution in [0.4, 0.5) is 5.69 Å². The van der Waals surface area contributed by atoms with Crippen molar-refractivity contribution in [3.05, 3.63) is 30.5 Å². The van der Waals surface area contributed by atoms with Crippen LogP contribution in [0.25, 0.3) is 10.8 Å². The Labute approximate surface area is 139 Å². The molecule has 2 heterocycles. The van der Waals surface area contributed by atoms with Gasteiger partial charge in [0.25, 0.3) is 0 Å². The molecule has 1 aromatic heterocycles. The zero-order valence-corrected chi connectivity index (χ0v) is 14.3. The van der Waals surface area contributed by atoms with Gasteiger partial charge in [0.05, 0.1) is 0 Å². The highest BCUT2D eigenvalue weighted by molar-refractivity contribution is 7.79. The third kappa shape index (κ3) is 3.54. The maximum Gasteiger partial charge on any atom is 0.121 e. The van der Waals surface area contributed by atoms with Crippen molar-refractivity contribution in [2.24, 2.45) is 5.92 Å². The van der Waals surface area contributed by atoms with Crippen LogP contribution in [0.15, 0.2) is 35.5 Å². The average molecular weight is 332 g/mol. The number of anilines is 1.